The predicted octanol–water partition coefficient (Wildman–Crippen LogP) is 3.87. The average molecular weight is 620 g/mol. The first kappa shape index (κ1) is 29.3. The predicted molar refractivity (Wildman–Crippen MR) is 150 cm³/mol. The third-order valence-electron chi connectivity index (χ3n) is 5.62. The van der Waals surface area contributed by atoms with Crippen LogP contribution in [0.25, 0.3) is 16.8 Å². The van der Waals surface area contributed by atoms with Gasteiger partial charge in [-0.3, -0.25) is 10.1 Å². The molecule has 2 heterocycles. The Balaban J connectivity index is 0.00000137. The molecule has 0 amide bonds. The zero-order chi connectivity index (χ0) is 26.6. The van der Waals surface area contributed by atoms with Gasteiger partial charge in [-0.15, -0.1) is 0 Å². The Morgan fingerprint density at radius 1 is 1.14 bits per heavy atom. The Bertz CT molecular complexity index is 1050. The largest absolute Gasteiger partial charge is 0.398 e. The van der Waals surface area contributed by atoms with E-state index in [1.165, 1.54) is 23.5 Å². The standard InChI is InChI=1S/C22H32F2N8.CH4IP/c1-21(2)8-13(9-22(3,4)31-21)32(28)20(27)19(26)7-18(25)15-6-16(23)14(5-17(15)24)12-10-29-30-11-12;1-3-2/h5-7,10-11,13,31H,8-9,25-28H2,1-4H3,(H,29,30);3H,1H3/b18-7-,20-19-;. The van der Waals surface area contributed by atoms with Crippen LogP contribution < -0.4 is 28.4 Å². The lowest BCUT2D eigenvalue weighted by Gasteiger charge is -2.49. The van der Waals surface area contributed by atoms with Crippen LogP contribution in [0.4, 0.5) is 8.78 Å². The first-order chi connectivity index (χ1) is 16.2. The van der Waals surface area contributed by atoms with Crippen LogP contribution in [0, 0.1) is 11.6 Å². The molecule has 1 saturated heterocycles. The molecule has 8 nitrogen and oxygen atoms in total. The molecule has 1 fully saturated rings. The summed E-state index contributed by atoms with van der Waals surface area (Å²) in [5.74, 6) is 5.08. The third kappa shape index (κ3) is 7.77. The van der Waals surface area contributed by atoms with Gasteiger partial charge in [0.15, 0.2) is 0 Å². The number of benzene rings is 1. The number of nitrogens with one attached hydrogen (secondary N) is 2. The van der Waals surface area contributed by atoms with Gasteiger partial charge in [0.25, 0.3) is 0 Å². The van der Waals surface area contributed by atoms with Gasteiger partial charge in [-0.2, -0.15) is 5.10 Å². The summed E-state index contributed by atoms with van der Waals surface area (Å²) in [5.41, 5.74) is 18.4. The van der Waals surface area contributed by atoms with E-state index in [1.54, 1.807) is 0 Å². The maximum Gasteiger partial charge on any atom is 0.137 e. The number of aromatic nitrogens is 2. The molecule has 3 rings (SSSR count). The highest BCUT2D eigenvalue weighted by Gasteiger charge is 2.40. The number of halogens is 3. The van der Waals surface area contributed by atoms with E-state index >= 15 is 0 Å². The second-order valence-corrected chi connectivity index (χ2v) is 13.4. The molecule has 10 N–H and O–H groups in total. The summed E-state index contributed by atoms with van der Waals surface area (Å²) in [6.45, 7) is 10.5. The number of piperidine rings is 1. The molecule has 35 heavy (non-hydrogen) atoms. The topological polar surface area (TPSA) is 148 Å². The summed E-state index contributed by atoms with van der Waals surface area (Å²) in [4.78, 5) is 0. The quantitative estimate of drug-likeness (QED) is 0.0978. The number of nitrogens with zero attached hydrogens (tertiary/aromatic N) is 2. The van der Waals surface area contributed by atoms with E-state index in [2.05, 4.69) is 71.9 Å². The minimum Gasteiger partial charge on any atom is -0.398 e. The van der Waals surface area contributed by atoms with Crippen LogP contribution in [0.1, 0.15) is 46.1 Å². The van der Waals surface area contributed by atoms with Gasteiger partial charge >= 0.3 is 0 Å². The SMILES string of the molecule is CC1(C)CC(N(N)/C(N)=C(N)/C=C(\N)c2cc(F)c(-c3cn[nH]c3)cc2F)CC(C)(C)N1.CPI. The summed E-state index contributed by atoms with van der Waals surface area (Å²) in [6, 6.07) is 2.01. The van der Waals surface area contributed by atoms with E-state index < -0.39 is 11.6 Å². The Kier molecular flexibility index (Phi) is 9.92. The number of hydrogen-bond acceptors (Lipinski definition) is 7. The monoisotopic (exact) mass is 620 g/mol. The van der Waals surface area contributed by atoms with Crippen molar-refractivity contribution in [1.29, 1.82) is 0 Å². The maximum atomic E-state index is 14.7. The Morgan fingerprint density at radius 2 is 1.71 bits per heavy atom. The smallest absolute Gasteiger partial charge is 0.137 e. The van der Waals surface area contributed by atoms with Crippen molar-refractivity contribution < 1.29 is 8.78 Å². The van der Waals surface area contributed by atoms with Crippen molar-refractivity contribution in [2.75, 3.05) is 6.66 Å². The second-order valence-electron chi connectivity index (χ2n) is 9.79. The van der Waals surface area contributed by atoms with Gasteiger partial charge < -0.3 is 22.5 Å². The van der Waals surface area contributed by atoms with Crippen molar-refractivity contribution in [3.63, 3.8) is 0 Å². The zero-order valence-electron chi connectivity index (χ0n) is 20.7. The molecule has 0 radical (unpaired) electrons. The Hall–Kier alpha value is -1.95. The molecule has 2 aromatic rings. The van der Waals surface area contributed by atoms with Crippen LogP contribution in [-0.4, -0.2) is 39.0 Å². The van der Waals surface area contributed by atoms with Gasteiger partial charge in [0.1, 0.15) is 17.5 Å². The fourth-order valence-electron chi connectivity index (χ4n) is 4.52. The van der Waals surface area contributed by atoms with Crippen LogP contribution in [0.5, 0.6) is 0 Å². The molecule has 0 bridgehead atoms. The van der Waals surface area contributed by atoms with Crippen LogP contribution >= 0.6 is 28.3 Å². The van der Waals surface area contributed by atoms with Gasteiger partial charge in [-0.25, -0.2) is 14.6 Å². The summed E-state index contributed by atoms with van der Waals surface area (Å²) in [6.07, 6.45) is 6.71. The molecule has 0 aliphatic carbocycles. The van der Waals surface area contributed by atoms with E-state index in [1.807, 2.05) is 0 Å². The molecule has 1 aliphatic heterocycles. The van der Waals surface area contributed by atoms with E-state index in [0.29, 0.717) is 5.56 Å². The lowest BCUT2D eigenvalue weighted by molar-refractivity contribution is 0.0845. The highest BCUT2D eigenvalue weighted by molar-refractivity contribution is 14.2. The molecule has 0 spiro atoms. The lowest BCUT2D eigenvalue weighted by atomic mass is 9.79. The van der Waals surface area contributed by atoms with Gasteiger partial charge in [0, 0.05) is 39.7 Å². The van der Waals surface area contributed by atoms with Crippen LogP contribution in [0.2, 0.25) is 0 Å². The maximum absolute atomic E-state index is 14.7. The zero-order valence-corrected chi connectivity index (χ0v) is 23.9. The van der Waals surface area contributed by atoms with Gasteiger partial charge in [0.2, 0.25) is 0 Å². The van der Waals surface area contributed by atoms with Gasteiger partial charge in [0.05, 0.1) is 17.9 Å². The summed E-state index contributed by atoms with van der Waals surface area (Å²) in [5, 5.41) is 11.3. The molecule has 1 unspecified atom stereocenters. The summed E-state index contributed by atoms with van der Waals surface area (Å²) >= 11 is 2.32. The molecule has 1 atom stereocenters. The average Bonchev–Trinajstić information content (AvgIpc) is 3.26. The molecule has 1 aliphatic rings. The number of allylic oxidation sites excluding steroid dienone is 1. The third-order valence-corrected chi connectivity index (χ3v) is 5.62. The summed E-state index contributed by atoms with van der Waals surface area (Å²) < 4.78 is 29.3. The van der Waals surface area contributed by atoms with Gasteiger partial charge in [-0.05, 0) is 65.4 Å². The van der Waals surface area contributed by atoms with E-state index in [0.717, 1.165) is 31.2 Å². The molecule has 1 aromatic carbocycles. The number of hydrogen-bond donors (Lipinski definition) is 6. The van der Waals surface area contributed by atoms with Crippen molar-refractivity contribution >= 4 is 34.0 Å². The molecular formula is C23H36F2IN8P. The van der Waals surface area contributed by atoms with Crippen LogP contribution in [-0.2, 0) is 0 Å². The number of H-pyrrole nitrogens is 1. The Labute approximate surface area is 220 Å². The number of aromatic amines is 1. The molecule has 1 aromatic heterocycles. The molecule has 0 saturated carbocycles. The van der Waals surface area contributed by atoms with E-state index in [4.69, 9.17) is 23.0 Å². The number of hydrazine groups is 1. The minimum atomic E-state index is -0.700. The lowest BCUT2D eigenvalue weighted by Crippen LogP contribution is -2.63. The number of rotatable bonds is 5. The van der Waals surface area contributed by atoms with Crippen LogP contribution in [0.3, 0.4) is 0 Å². The molecule has 12 heteroatoms. The van der Waals surface area contributed by atoms with Gasteiger partial charge in [-0.1, -0.05) is 28.3 Å². The van der Waals surface area contributed by atoms with Crippen molar-refractivity contribution in [3.8, 4) is 11.1 Å². The number of nitrogens with two attached hydrogens (primary N) is 4. The van der Waals surface area contributed by atoms with Crippen LogP contribution in [0.15, 0.2) is 42.1 Å². The van der Waals surface area contributed by atoms with E-state index in [9.17, 15) is 8.78 Å². The summed E-state index contributed by atoms with van der Waals surface area (Å²) in [7, 11) is 0. The Morgan fingerprint density at radius 3 is 2.23 bits per heavy atom. The second kappa shape index (κ2) is 11.9. The van der Waals surface area contributed by atoms with Crippen molar-refractivity contribution in [2.24, 2.45) is 23.0 Å². The highest BCUT2D eigenvalue weighted by Crippen LogP contribution is 2.32. The first-order valence-electron chi connectivity index (χ1n) is 11.0. The van der Waals surface area contributed by atoms with Crippen molar-refractivity contribution in [2.45, 2.75) is 57.7 Å². The highest BCUT2D eigenvalue weighted by atomic mass is 127. The van der Waals surface area contributed by atoms with Crippen molar-refractivity contribution in [1.82, 2.24) is 20.5 Å². The molecule has 194 valence electrons. The fraction of sp³-hybridized carbons (Fsp3) is 0.435. The fourth-order valence-corrected chi connectivity index (χ4v) is 4.52. The first-order valence-corrected chi connectivity index (χ1v) is 15.6. The van der Waals surface area contributed by atoms with Crippen molar-refractivity contribution in [3.05, 3.63) is 59.3 Å². The van der Waals surface area contributed by atoms with E-state index in [-0.39, 0.29) is 45.5 Å². The normalized spacial score (nSPS) is 18.7. The minimum absolute atomic E-state index is 0.0675. The molecular weight excluding hydrogens is 584 g/mol.